The Bertz CT molecular complexity index is 1170. The summed E-state index contributed by atoms with van der Waals surface area (Å²) >= 11 is 0. The zero-order chi connectivity index (χ0) is 25.1. The highest BCUT2D eigenvalue weighted by Gasteiger charge is 2.36. The molecule has 2 aromatic rings. The zero-order valence-electron chi connectivity index (χ0n) is 19.1. The summed E-state index contributed by atoms with van der Waals surface area (Å²) in [4.78, 5) is 76.0. The third kappa shape index (κ3) is 4.81. The quantitative estimate of drug-likeness (QED) is 0.519. The van der Waals surface area contributed by atoms with Crippen molar-refractivity contribution in [1.29, 1.82) is 0 Å². The largest absolute Gasteiger partial charge is 0.354 e. The third-order valence-electron chi connectivity index (χ3n) is 5.89. The number of amides is 6. The van der Waals surface area contributed by atoms with Crippen LogP contribution < -0.4 is 10.6 Å². The molecule has 1 unspecified atom stereocenters. The van der Waals surface area contributed by atoms with Crippen LogP contribution in [0.1, 0.15) is 61.2 Å². The van der Waals surface area contributed by atoms with Gasteiger partial charge in [0.05, 0.1) is 22.3 Å². The molecule has 10 nitrogen and oxygen atoms in total. The normalized spacial score (nSPS) is 15.2. The summed E-state index contributed by atoms with van der Waals surface area (Å²) in [5, 5.41) is 5.38. The molecule has 1 atom stereocenters. The van der Waals surface area contributed by atoms with Gasteiger partial charge >= 0.3 is 0 Å². The van der Waals surface area contributed by atoms with Crippen molar-refractivity contribution in [2.24, 2.45) is 0 Å². The zero-order valence-corrected chi connectivity index (χ0v) is 19.1. The van der Waals surface area contributed by atoms with Crippen molar-refractivity contribution in [2.45, 2.75) is 25.8 Å². The van der Waals surface area contributed by atoms with Crippen LogP contribution in [0.5, 0.6) is 0 Å². The van der Waals surface area contributed by atoms with E-state index in [0.29, 0.717) is 22.3 Å². The molecule has 6 amide bonds. The van der Waals surface area contributed by atoms with Gasteiger partial charge in [0.2, 0.25) is 11.8 Å². The molecule has 2 aliphatic heterocycles. The number of carbonyl (C=O) groups excluding carboxylic acids is 6. The second-order valence-corrected chi connectivity index (χ2v) is 8.39. The van der Waals surface area contributed by atoms with Gasteiger partial charge in [0.15, 0.2) is 0 Å². The number of carbonyl (C=O) groups is 6. The Hall–Kier alpha value is -4.34. The van der Waals surface area contributed by atoms with Crippen LogP contribution in [0.3, 0.4) is 0 Å². The van der Waals surface area contributed by atoms with Gasteiger partial charge < -0.3 is 10.6 Å². The van der Waals surface area contributed by atoms with Crippen molar-refractivity contribution in [1.82, 2.24) is 20.4 Å². The maximum Gasteiger partial charge on any atom is 0.261 e. The fraction of sp³-hybridized carbons (Fsp3) is 0.280. The summed E-state index contributed by atoms with van der Waals surface area (Å²) in [6.45, 7) is 1.75. The van der Waals surface area contributed by atoms with Gasteiger partial charge in [-0.1, -0.05) is 24.3 Å². The van der Waals surface area contributed by atoms with Crippen LogP contribution in [0.25, 0.3) is 0 Å². The molecule has 0 bridgehead atoms. The smallest absolute Gasteiger partial charge is 0.261 e. The van der Waals surface area contributed by atoms with Crippen LogP contribution in [0.4, 0.5) is 0 Å². The van der Waals surface area contributed by atoms with E-state index in [0.717, 1.165) is 9.80 Å². The number of nitrogens with one attached hydrogen (secondary N) is 2. The van der Waals surface area contributed by atoms with Crippen molar-refractivity contribution in [3.05, 3.63) is 70.8 Å². The highest BCUT2D eigenvalue weighted by molar-refractivity contribution is 6.22. The van der Waals surface area contributed by atoms with Crippen molar-refractivity contribution in [3.8, 4) is 0 Å². The molecule has 2 N–H and O–H groups in total. The highest BCUT2D eigenvalue weighted by atomic mass is 16.2. The first-order chi connectivity index (χ1) is 16.8. The lowest BCUT2D eigenvalue weighted by molar-refractivity contribution is -0.123. The topological polar surface area (TPSA) is 133 Å². The molecule has 2 aromatic carbocycles. The van der Waals surface area contributed by atoms with Crippen LogP contribution in [0.2, 0.25) is 0 Å². The first-order valence-electron chi connectivity index (χ1n) is 11.2. The maximum atomic E-state index is 12.4. The van der Waals surface area contributed by atoms with E-state index in [1.165, 1.54) is 0 Å². The van der Waals surface area contributed by atoms with Crippen LogP contribution >= 0.6 is 0 Å². The van der Waals surface area contributed by atoms with E-state index in [-0.39, 0.29) is 44.3 Å². The highest BCUT2D eigenvalue weighted by Crippen LogP contribution is 2.23. The van der Waals surface area contributed by atoms with E-state index < -0.39 is 29.7 Å². The number of nitrogens with zero attached hydrogens (tertiary/aromatic N) is 2. The summed E-state index contributed by atoms with van der Waals surface area (Å²) in [6.07, 6.45) is -0.130. The summed E-state index contributed by atoms with van der Waals surface area (Å²) < 4.78 is 0. The number of rotatable bonds is 9. The monoisotopic (exact) mass is 476 g/mol. The SMILES string of the molecule is CC(CNC(=O)CCN1C(=O)c2ccccc2C1=O)NC(=O)CCN1C(=O)c2ccccc2C1=O. The Balaban J connectivity index is 1.17. The van der Waals surface area contributed by atoms with Gasteiger partial charge in [0.25, 0.3) is 23.6 Å². The van der Waals surface area contributed by atoms with Crippen molar-refractivity contribution < 1.29 is 28.8 Å². The summed E-state index contributed by atoms with van der Waals surface area (Å²) in [6, 6.07) is 12.6. The predicted molar refractivity (Wildman–Crippen MR) is 123 cm³/mol. The van der Waals surface area contributed by atoms with Crippen LogP contribution in [-0.2, 0) is 9.59 Å². The minimum absolute atomic E-state index is 0.0425. The van der Waals surface area contributed by atoms with Gasteiger partial charge in [-0.3, -0.25) is 38.6 Å². The molecule has 35 heavy (non-hydrogen) atoms. The van der Waals surface area contributed by atoms with Crippen LogP contribution in [0, 0.1) is 0 Å². The Morgan fingerprint density at radius 1 is 0.686 bits per heavy atom. The van der Waals surface area contributed by atoms with E-state index in [1.54, 1.807) is 55.5 Å². The molecule has 2 heterocycles. The average molecular weight is 476 g/mol. The summed E-state index contributed by atoms with van der Waals surface area (Å²) in [5.41, 5.74) is 1.32. The molecule has 0 fully saturated rings. The Morgan fingerprint density at radius 3 is 1.46 bits per heavy atom. The average Bonchev–Trinajstić information content (AvgIpc) is 3.24. The second-order valence-electron chi connectivity index (χ2n) is 8.39. The fourth-order valence-corrected chi connectivity index (χ4v) is 4.06. The van der Waals surface area contributed by atoms with Gasteiger partial charge in [0.1, 0.15) is 0 Å². The predicted octanol–water partition coefficient (Wildman–Crippen LogP) is 0.980. The summed E-state index contributed by atoms with van der Waals surface area (Å²) in [5.74, 6) is -2.41. The molecule has 0 aromatic heterocycles. The molecule has 4 rings (SSSR count). The number of imide groups is 2. The van der Waals surface area contributed by atoms with E-state index in [2.05, 4.69) is 10.6 Å². The first kappa shape index (κ1) is 23.8. The molecule has 10 heteroatoms. The Morgan fingerprint density at radius 2 is 1.06 bits per heavy atom. The fourth-order valence-electron chi connectivity index (χ4n) is 4.06. The van der Waals surface area contributed by atoms with Crippen molar-refractivity contribution >= 4 is 35.4 Å². The molecular formula is C25H24N4O6. The molecule has 0 aliphatic carbocycles. The number of hydrogen-bond donors (Lipinski definition) is 2. The molecule has 0 saturated heterocycles. The van der Waals surface area contributed by atoms with Crippen LogP contribution in [0.15, 0.2) is 48.5 Å². The van der Waals surface area contributed by atoms with Gasteiger partial charge in [-0.2, -0.15) is 0 Å². The van der Waals surface area contributed by atoms with Crippen molar-refractivity contribution in [2.75, 3.05) is 19.6 Å². The minimum atomic E-state index is -0.420. The van der Waals surface area contributed by atoms with Gasteiger partial charge in [-0.05, 0) is 31.2 Å². The van der Waals surface area contributed by atoms with E-state index >= 15 is 0 Å². The standard InChI is InChI=1S/C25H24N4O6/c1-15(27-21(31)11-13-29-24(34)18-8-4-5-9-19(18)25(29)35)14-26-20(30)10-12-28-22(32)16-6-2-3-7-17(16)23(28)33/h2-9,15H,10-14H2,1H3,(H,26,30)(H,27,31). The van der Waals surface area contributed by atoms with E-state index in [9.17, 15) is 28.8 Å². The molecule has 180 valence electrons. The van der Waals surface area contributed by atoms with E-state index in [4.69, 9.17) is 0 Å². The van der Waals surface area contributed by atoms with Gasteiger partial charge in [-0.15, -0.1) is 0 Å². The molecule has 0 saturated carbocycles. The minimum Gasteiger partial charge on any atom is -0.354 e. The third-order valence-corrected chi connectivity index (χ3v) is 5.89. The molecule has 0 spiro atoms. The van der Waals surface area contributed by atoms with Gasteiger partial charge in [-0.25, -0.2) is 0 Å². The Kier molecular flexibility index (Phi) is 6.72. The van der Waals surface area contributed by atoms with Crippen LogP contribution in [-0.4, -0.2) is 70.9 Å². The lowest BCUT2D eigenvalue weighted by Crippen LogP contribution is -2.43. The molecule has 2 aliphatic rings. The second kappa shape index (κ2) is 9.88. The maximum absolute atomic E-state index is 12.4. The van der Waals surface area contributed by atoms with E-state index in [1.807, 2.05) is 0 Å². The van der Waals surface area contributed by atoms with Crippen molar-refractivity contribution in [3.63, 3.8) is 0 Å². The lowest BCUT2D eigenvalue weighted by Gasteiger charge is -2.18. The Labute approximate surface area is 201 Å². The molecular weight excluding hydrogens is 452 g/mol. The summed E-state index contributed by atoms with van der Waals surface area (Å²) in [7, 11) is 0. The number of benzene rings is 2. The molecule has 0 radical (unpaired) electrons. The number of hydrogen-bond acceptors (Lipinski definition) is 6. The number of fused-ring (bicyclic) bond motifs is 2. The first-order valence-corrected chi connectivity index (χ1v) is 11.2. The van der Waals surface area contributed by atoms with Gasteiger partial charge in [0, 0.05) is 38.5 Å². The lowest BCUT2D eigenvalue weighted by atomic mass is 10.1.